The quantitative estimate of drug-likeness (QED) is 0.775. The predicted molar refractivity (Wildman–Crippen MR) is 92.1 cm³/mol. The highest BCUT2D eigenvalue weighted by molar-refractivity contribution is 6.04. The molecule has 0 aliphatic carbocycles. The lowest BCUT2D eigenvalue weighted by Gasteiger charge is -2.14. The number of hydrogen-bond acceptors (Lipinski definition) is 4. The predicted octanol–water partition coefficient (Wildman–Crippen LogP) is 3.80. The van der Waals surface area contributed by atoms with Crippen molar-refractivity contribution in [3.8, 4) is 5.75 Å². The minimum atomic E-state index is -0.731. The first kappa shape index (κ1) is 18.4. The number of benzene rings is 2. The van der Waals surface area contributed by atoms with E-state index in [9.17, 15) is 14.0 Å². The van der Waals surface area contributed by atoms with Crippen molar-refractivity contribution in [2.45, 2.75) is 26.4 Å². The van der Waals surface area contributed by atoms with Crippen LogP contribution in [0.1, 0.15) is 30.6 Å². The van der Waals surface area contributed by atoms with Crippen LogP contribution in [0.5, 0.6) is 5.75 Å². The molecular weight excluding hydrogens is 325 g/mol. The summed E-state index contributed by atoms with van der Waals surface area (Å²) in [5, 5.41) is 2.67. The summed E-state index contributed by atoms with van der Waals surface area (Å²) in [5.41, 5.74) is 0.914. The van der Waals surface area contributed by atoms with E-state index >= 15 is 0 Å². The van der Waals surface area contributed by atoms with Gasteiger partial charge in [0.15, 0.2) is 6.10 Å². The number of amides is 1. The average Bonchev–Trinajstić information content (AvgIpc) is 2.62. The molecule has 132 valence electrons. The molecule has 0 saturated carbocycles. The second kappa shape index (κ2) is 8.82. The van der Waals surface area contributed by atoms with Crippen molar-refractivity contribution in [2.75, 3.05) is 11.9 Å². The van der Waals surface area contributed by atoms with Gasteiger partial charge >= 0.3 is 5.97 Å². The molecule has 0 fully saturated rings. The fraction of sp³-hybridized carbons (Fsp3) is 0.263. The normalized spacial score (nSPS) is 11.5. The molecule has 1 amide bonds. The van der Waals surface area contributed by atoms with E-state index in [1.54, 1.807) is 31.2 Å². The zero-order valence-electron chi connectivity index (χ0n) is 14.1. The molecule has 0 spiro atoms. The van der Waals surface area contributed by atoms with Crippen molar-refractivity contribution in [1.82, 2.24) is 0 Å². The van der Waals surface area contributed by atoms with Crippen molar-refractivity contribution in [1.29, 1.82) is 0 Å². The van der Waals surface area contributed by atoms with Crippen LogP contribution in [-0.2, 0) is 9.53 Å². The lowest BCUT2D eigenvalue weighted by molar-refractivity contribution is -0.151. The summed E-state index contributed by atoms with van der Waals surface area (Å²) in [6.45, 7) is 3.87. The van der Waals surface area contributed by atoms with Crippen LogP contribution in [0.4, 0.5) is 10.1 Å². The minimum Gasteiger partial charge on any atom is -0.479 e. The van der Waals surface area contributed by atoms with Crippen LogP contribution >= 0.6 is 0 Å². The number of anilines is 1. The van der Waals surface area contributed by atoms with Crippen LogP contribution in [0.2, 0.25) is 0 Å². The molecular formula is C19H20FNO4. The molecule has 2 rings (SSSR count). The summed E-state index contributed by atoms with van der Waals surface area (Å²) in [5.74, 6) is -0.668. The van der Waals surface area contributed by atoms with Gasteiger partial charge in [0, 0.05) is 11.3 Å². The smallest absolute Gasteiger partial charge is 0.347 e. The molecule has 0 radical (unpaired) electrons. The molecule has 1 N–H and O–H groups in total. The third-order valence-corrected chi connectivity index (χ3v) is 3.31. The van der Waals surface area contributed by atoms with E-state index in [1.165, 1.54) is 24.3 Å². The highest BCUT2D eigenvalue weighted by Crippen LogP contribution is 2.16. The number of halogens is 1. The van der Waals surface area contributed by atoms with Crippen LogP contribution in [0.15, 0.2) is 48.5 Å². The molecule has 2 aromatic carbocycles. The molecule has 1 atom stereocenters. The molecule has 0 saturated heterocycles. The molecule has 5 nitrogen and oxygen atoms in total. The van der Waals surface area contributed by atoms with Gasteiger partial charge < -0.3 is 14.8 Å². The Bertz CT molecular complexity index is 713. The van der Waals surface area contributed by atoms with E-state index in [1.807, 2.05) is 6.92 Å². The van der Waals surface area contributed by atoms with Gasteiger partial charge in [-0.1, -0.05) is 6.92 Å². The topological polar surface area (TPSA) is 64.6 Å². The van der Waals surface area contributed by atoms with Crippen LogP contribution in [-0.4, -0.2) is 24.6 Å². The minimum absolute atomic E-state index is 0.325. The van der Waals surface area contributed by atoms with Crippen molar-refractivity contribution in [3.05, 3.63) is 59.9 Å². The second-order valence-corrected chi connectivity index (χ2v) is 5.41. The Morgan fingerprint density at radius 1 is 1.08 bits per heavy atom. The van der Waals surface area contributed by atoms with Crippen molar-refractivity contribution in [2.24, 2.45) is 0 Å². The maximum Gasteiger partial charge on any atom is 0.347 e. The van der Waals surface area contributed by atoms with Crippen molar-refractivity contribution < 1.29 is 23.5 Å². The average molecular weight is 345 g/mol. The Kier molecular flexibility index (Phi) is 6.51. The van der Waals surface area contributed by atoms with E-state index in [4.69, 9.17) is 9.47 Å². The number of carbonyl (C=O) groups excluding carboxylic acids is 2. The number of rotatable bonds is 7. The first-order valence-electron chi connectivity index (χ1n) is 8.00. The molecule has 0 heterocycles. The number of esters is 1. The Hall–Kier alpha value is -2.89. The van der Waals surface area contributed by atoms with Crippen LogP contribution in [0, 0.1) is 5.82 Å². The van der Waals surface area contributed by atoms with Gasteiger partial charge in [0.2, 0.25) is 0 Å². The van der Waals surface area contributed by atoms with Gasteiger partial charge in [0.05, 0.1) is 6.61 Å². The molecule has 0 aromatic heterocycles. The first-order valence-corrected chi connectivity index (χ1v) is 8.00. The standard InChI is InChI=1S/C19H20FNO4/c1-3-12-24-19(23)13(2)25-17-10-4-14(5-11-17)18(22)21-16-8-6-15(20)7-9-16/h4-11,13H,3,12H2,1-2H3,(H,21,22)/t13-/m1/s1. The molecule has 6 heteroatoms. The Morgan fingerprint density at radius 3 is 2.32 bits per heavy atom. The Labute approximate surface area is 145 Å². The van der Waals surface area contributed by atoms with Crippen LogP contribution in [0.3, 0.4) is 0 Å². The Balaban J connectivity index is 1.93. The SMILES string of the molecule is CCCOC(=O)[C@@H](C)Oc1ccc(C(=O)Nc2ccc(F)cc2)cc1. The van der Waals surface area contributed by atoms with Gasteiger partial charge in [-0.25, -0.2) is 9.18 Å². The van der Waals surface area contributed by atoms with E-state index in [0.717, 1.165) is 6.42 Å². The largest absolute Gasteiger partial charge is 0.479 e. The second-order valence-electron chi connectivity index (χ2n) is 5.41. The molecule has 25 heavy (non-hydrogen) atoms. The zero-order valence-corrected chi connectivity index (χ0v) is 14.1. The van der Waals surface area contributed by atoms with Gasteiger partial charge in [0.25, 0.3) is 5.91 Å². The fourth-order valence-electron chi connectivity index (χ4n) is 1.99. The molecule has 0 unspecified atom stereocenters. The van der Waals surface area contributed by atoms with E-state index in [2.05, 4.69) is 5.32 Å². The number of nitrogens with one attached hydrogen (secondary N) is 1. The maximum absolute atomic E-state index is 12.9. The summed E-state index contributed by atoms with van der Waals surface area (Å²) in [4.78, 5) is 23.8. The van der Waals surface area contributed by atoms with Gasteiger partial charge in [-0.2, -0.15) is 0 Å². The van der Waals surface area contributed by atoms with E-state index in [0.29, 0.717) is 23.6 Å². The lowest BCUT2D eigenvalue weighted by atomic mass is 10.2. The summed E-state index contributed by atoms with van der Waals surface area (Å²) in [6.07, 6.45) is 0.0153. The fourth-order valence-corrected chi connectivity index (χ4v) is 1.99. The van der Waals surface area contributed by atoms with Gasteiger partial charge in [0.1, 0.15) is 11.6 Å². The van der Waals surface area contributed by atoms with Gasteiger partial charge in [-0.3, -0.25) is 4.79 Å². The van der Waals surface area contributed by atoms with Crippen molar-refractivity contribution >= 4 is 17.6 Å². The zero-order chi connectivity index (χ0) is 18.2. The molecule has 0 bridgehead atoms. The van der Waals surface area contributed by atoms with Gasteiger partial charge in [-0.05, 0) is 61.9 Å². The van der Waals surface area contributed by atoms with Crippen LogP contribution < -0.4 is 10.1 Å². The monoisotopic (exact) mass is 345 g/mol. The Morgan fingerprint density at radius 2 is 1.72 bits per heavy atom. The lowest BCUT2D eigenvalue weighted by Crippen LogP contribution is -2.26. The molecule has 0 aliphatic rings. The van der Waals surface area contributed by atoms with Crippen molar-refractivity contribution in [3.63, 3.8) is 0 Å². The summed E-state index contributed by atoms with van der Waals surface area (Å²) >= 11 is 0. The summed E-state index contributed by atoms with van der Waals surface area (Å²) in [6, 6.07) is 11.9. The molecule has 0 aliphatic heterocycles. The maximum atomic E-state index is 12.9. The first-order chi connectivity index (χ1) is 12.0. The van der Waals surface area contributed by atoms with E-state index in [-0.39, 0.29) is 11.7 Å². The third kappa shape index (κ3) is 5.60. The highest BCUT2D eigenvalue weighted by Gasteiger charge is 2.16. The van der Waals surface area contributed by atoms with E-state index < -0.39 is 12.1 Å². The number of hydrogen-bond donors (Lipinski definition) is 1. The highest BCUT2D eigenvalue weighted by atomic mass is 19.1. The number of ether oxygens (including phenoxy) is 2. The van der Waals surface area contributed by atoms with Gasteiger partial charge in [-0.15, -0.1) is 0 Å². The summed E-state index contributed by atoms with van der Waals surface area (Å²) < 4.78 is 23.4. The van der Waals surface area contributed by atoms with Crippen LogP contribution in [0.25, 0.3) is 0 Å². The summed E-state index contributed by atoms with van der Waals surface area (Å²) in [7, 11) is 0. The third-order valence-electron chi connectivity index (χ3n) is 3.31. The number of carbonyl (C=O) groups is 2. The molecule has 2 aromatic rings.